The molecule has 3 aliphatic rings. The average Bonchev–Trinajstić information content (AvgIpc) is 2.90. The summed E-state index contributed by atoms with van der Waals surface area (Å²) in [6, 6.07) is 15.6. The summed E-state index contributed by atoms with van der Waals surface area (Å²) in [7, 11) is 1.86. The van der Waals surface area contributed by atoms with Gasteiger partial charge in [-0.1, -0.05) is 17.7 Å². The lowest BCUT2D eigenvalue weighted by molar-refractivity contribution is -0.147. The van der Waals surface area contributed by atoms with E-state index in [0.29, 0.717) is 19.0 Å². The van der Waals surface area contributed by atoms with Gasteiger partial charge in [-0.05, 0) is 61.6 Å². The quantitative estimate of drug-likeness (QED) is 0.824. The number of carbonyl (C=O) groups excluding carboxylic acids is 2. The van der Waals surface area contributed by atoms with Gasteiger partial charge in [-0.15, -0.1) is 0 Å². The Hall–Kier alpha value is -2.82. The summed E-state index contributed by atoms with van der Waals surface area (Å²) in [6.45, 7) is 3.38. The number of benzene rings is 2. The van der Waals surface area contributed by atoms with Crippen LogP contribution in [0.5, 0.6) is 11.5 Å². The van der Waals surface area contributed by atoms with E-state index >= 15 is 0 Å². The summed E-state index contributed by atoms with van der Waals surface area (Å²) in [4.78, 5) is 29.4. The van der Waals surface area contributed by atoms with Crippen LogP contribution in [0.4, 0.5) is 5.69 Å². The average molecular weight is 376 g/mol. The van der Waals surface area contributed by atoms with Crippen molar-refractivity contribution in [2.75, 3.05) is 25.0 Å². The highest BCUT2D eigenvalue weighted by Gasteiger charge is 2.59. The first-order chi connectivity index (χ1) is 13.5. The molecule has 2 saturated heterocycles. The zero-order chi connectivity index (χ0) is 19.4. The van der Waals surface area contributed by atoms with Gasteiger partial charge in [-0.25, -0.2) is 0 Å². The van der Waals surface area contributed by atoms with E-state index in [1.54, 1.807) is 0 Å². The number of anilines is 1. The number of amides is 2. The van der Waals surface area contributed by atoms with Crippen LogP contribution >= 0.6 is 0 Å². The van der Waals surface area contributed by atoms with Gasteiger partial charge in [0.25, 0.3) is 0 Å². The third kappa shape index (κ3) is 2.68. The molecule has 2 amide bonds. The molecule has 1 aliphatic carbocycles. The highest BCUT2D eigenvalue weighted by atomic mass is 16.5. The van der Waals surface area contributed by atoms with Gasteiger partial charge in [0.1, 0.15) is 11.5 Å². The van der Waals surface area contributed by atoms with Gasteiger partial charge in [0.2, 0.25) is 11.8 Å². The zero-order valence-electron chi connectivity index (χ0n) is 16.2. The second-order valence-electron chi connectivity index (χ2n) is 8.38. The van der Waals surface area contributed by atoms with Crippen molar-refractivity contribution in [2.24, 2.45) is 23.7 Å². The summed E-state index contributed by atoms with van der Waals surface area (Å²) in [5, 5.41) is 0. The van der Waals surface area contributed by atoms with Crippen molar-refractivity contribution < 1.29 is 14.3 Å². The number of ether oxygens (including phenoxy) is 1. The maximum absolute atomic E-state index is 13.2. The Bertz CT molecular complexity index is 922. The lowest BCUT2D eigenvalue weighted by atomic mass is 9.79. The van der Waals surface area contributed by atoms with E-state index in [0.717, 1.165) is 23.6 Å². The summed E-state index contributed by atoms with van der Waals surface area (Å²) in [6.07, 6.45) is 0.974. The molecule has 4 atom stereocenters. The molecule has 0 N–H and O–H groups in total. The molecule has 5 heteroatoms. The number of rotatable bonds is 3. The molecule has 2 heterocycles. The molecular weight excluding hydrogens is 352 g/mol. The van der Waals surface area contributed by atoms with Crippen molar-refractivity contribution in [3.05, 3.63) is 54.1 Å². The van der Waals surface area contributed by atoms with E-state index in [9.17, 15) is 9.59 Å². The maximum Gasteiger partial charge on any atom is 0.231 e. The third-order valence-electron chi connectivity index (χ3n) is 6.55. The zero-order valence-corrected chi connectivity index (χ0v) is 16.2. The van der Waals surface area contributed by atoms with Gasteiger partial charge < -0.3 is 14.5 Å². The van der Waals surface area contributed by atoms with Crippen molar-refractivity contribution in [1.82, 2.24) is 4.90 Å². The van der Waals surface area contributed by atoms with E-state index in [2.05, 4.69) is 0 Å². The van der Waals surface area contributed by atoms with Gasteiger partial charge in [0.05, 0.1) is 11.8 Å². The Balaban J connectivity index is 1.34. The number of carbonyl (C=O) groups is 2. The highest BCUT2D eigenvalue weighted by Crippen LogP contribution is 2.51. The predicted molar refractivity (Wildman–Crippen MR) is 106 cm³/mol. The smallest absolute Gasteiger partial charge is 0.231 e. The van der Waals surface area contributed by atoms with Crippen LogP contribution in [0.3, 0.4) is 0 Å². The number of aryl methyl sites for hydroxylation is 1. The topological polar surface area (TPSA) is 49.9 Å². The van der Waals surface area contributed by atoms with Crippen molar-refractivity contribution in [3.63, 3.8) is 0 Å². The molecule has 0 spiro atoms. The maximum atomic E-state index is 13.2. The minimum atomic E-state index is -0.147. The van der Waals surface area contributed by atoms with Crippen LogP contribution in [0, 0.1) is 30.6 Å². The first kappa shape index (κ1) is 17.3. The van der Waals surface area contributed by atoms with Gasteiger partial charge in [-0.2, -0.15) is 0 Å². The Morgan fingerprint density at radius 1 is 0.821 bits per heavy atom. The lowest BCUT2D eigenvalue weighted by Crippen LogP contribution is -2.56. The fourth-order valence-electron chi connectivity index (χ4n) is 5.23. The third-order valence-corrected chi connectivity index (χ3v) is 6.55. The fraction of sp³-hybridized carbons (Fsp3) is 0.391. The molecule has 5 nitrogen and oxygen atoms in total. The second kappa shape index (κ2) is 6.36. The van der Waals surface area contributed by atoms with E-state index in [1.807, 2.05) is 72.3 Å². The molecule has 0 radical (unpaired) electrons. The predicted octanol–water partition coefficient (Wildman–Crippen LogP) is 3.47. The Labute approximate surface area is 164 Å². The van der Waals surface area contributed by atoms with Crippen LogP contribution < -0.4 is 9.64 Å². The van der Waals surface area contributed by atoms with E-state index < -0.39 is 0 Å². The standard InChI is InChI=1S/C23H24N2O3/c1-14-3-7-18(8-4-14)28-19-9-5-17(6-10-19)25-13-16-11-15-12-24(2)22(26)20(16)21(15)23(25)27/h3-10,15-16,20-21H,11-13H2,1-2H3. The number of hydrogen-bond donors (Lipinski definition) is 0. The molecule has 0 aromatic heterocycles. The van der Waals surface area contributed by atoms with Crippen molar-refractivity contribution in [3.8, 4) is 11.5 Å². The first-order valence-corrected chi connectivity index (χ1v) is 9.92. The molecule has 2 aromatic rings. The highest BCUT2D eigenvalue weighted by molar-refractivity contribution is 6.01. The minimum absolute atomic E-state index is 0.109. The monoisotopic (exact) mass is 376 g/mol. The summed E-state index contributed by atoms with van der Waals surface area (Å²) < 4.78 is 5.89. The Morgan fingerprint density at radius 2 is 1.39 bits per heavy atom. The van der Waals surface area contributed by atoms with Crippen LogP contribution in [0.2, 0.25) is 0 Å². The molecule has 144 valence electrons. The van der Waals surface area contributed by atoms with Gasteiger partial charge in [-0.3, -0.25) is 9.59 Å². The van der Waals surface area contributed by atoms with Crippen LogP contribution in [-0.2, 0) is 9.59 Å². The van der Waals surface area contributed by atoms with Crippen LogP contribution in [0.1, 0.15) is 12.0 Å². The number of piperidine rings is 2. The van der Waals surface area contributed by atoms with Gasteiger partial charge in [0.15, 0.2) is 0 Å². The second-order valence-corrected chi connectivity index (χ2v) is 8.38. The molecule has 4 unspecified atom stereocenters. The van der Waals surface area contributed by atoms with Crippen molar-refractivity contribution >= 4 is 17.5 Å². The van der Waals surface area contributed by atoms with Gasteiger partial charge >= 0.3 is 0 Å². The van der Waals surface area contributed by atoms with Gasteiger partial charge in [0, 0.05) is 25.8 Å². The fourth-order valence-corrected chi connectivity index (χ4v) is 5.23. The minimum Gasteiger partial charge on any atom is -0.457 e. The molecule has 2 aromatic carbocycles. The summed E-state index contributed by atoms with van der Waals surface area (Å²) in [5.41, 5.74) is 2.08. The normalized spacial score (nSPS) is 28.6. The molecule has 5 rings (SSSR count). The lowest BCUT2D eigenvalue weighted by Gasteiger charge is -2.42. The van der Waals surface area contributed by atoms with E-state index in [1.165, 1.54) is 5.56 Å². The molecule has 3 fully saturated rings. The largest absolute Gasteiger partial charge is 0.457 e. The van der Waals surface area contributed by atoms with Crippen LogP contribution in [0.25, 0.3) is 0 Å². The van der Waals surface area contributed by atoms with Crippen LogP contribution in [-0.4, -0.2) is 36.9 Å². The summed E-state index contributed by atoms with van der Waals surface area (Å²) in [5.74, 6) is 2.11. The molecule has 1 saturated carbocycles. The first-order valence-electron chi connectivity index (χ1n) is 9.92. The van der Waals surface area contributed by atoms with E-state index in [4.69, 9.17) is 4.74 Å². The SMILES string of the molecule is Cc1ccc(Oc2ccc(N3CC4CC5CN(C)C(=O)C4C5C3=O)cc2)cc1. The molecule has 28 heavy (non-hydrogen) atoms. The van der Waals surface area contributed by atoms with Crippen LogP contribution in [0.15, 0.2) is 48.5 Å². The molecule has 4 bridgehead atoms. The number of likely N-dealkylation sites (tertiary alicyclic amines) is 1. The molecule has 2 aliphatic heterocycles. The Kier molecular flexibility index (Phi) is 3.93. The summed E-state index contributed by atoms with van der Waals surface area (Å²) >= 11 is 0. The number of hydrogen-bond acceptors (Lipinski definition) is 3. The Morgan fingerprint density at radius 3 is 2.07 bits per heavy atom. The molecular formula is C23H24N2O3. The van der Waals surface area contributed by atoms with E-state index in [-0.39, 0.29) is 29.6 Å². The van der Waals surface area contributed by atoms with Crippen molar-refractivity contribution in [2.45, 2.75) is 13.3 Å². The number of nitrogens with zero attached hydrogens (tertiary/aromatic N) is 2. The van der Waals surface area contributed by atoms with Crippen molar-refractivity contribution in [1.29, 1.82) is 0 Å².